The van der Waals surface area contributed by atoms with Gasteiger partial charge >= 0.3 is 35.8 Å². The molecular formula is C41H52O23. The molecule has 23 nitrogen and oxygen atoms in total. The molecular weight excluding hydrogens is 860 g/mol. The van der Waals surface area contributed by atoms with Crippen molar-refractivity contribution in [3.8, 4) is 0 Å². The fourth-order valence-corrected chi connectivity index (χ4v) is 8.31. The standard InChI is InChI=1S/C41H52O23/c1-17(42)48-14-25-28(51-18(2)43)31(53-20(4)45)34(55-22(6)47)39(58-25)62-32-29(52-19(3)44)27(59-38-35(32)56-23(7)57-38)16-50-41(8)63-36-33(54-21(5)46)30-26(60-40(36)64-41)15-49-37(61-30)24-12-10-9-11-13-24/h9-13,23,25-40H,14-16H2,1-8H3/t23?,25-,26-,27-,28-,29-,30-,31+,32+,33+,34-,35-,36-,37?,38+,39-,40-,41?/m1/s1. The van der Waals surface area contributed by atoms with Gasteiger partial charge in [0.05, 0.1) is 13.2 Å². The van der Waals surface area contributed by atoms with Crippen LogP contribution in [0, 0.1) is 0 Å². The van der Waals surface area contributed by atoms with Gasteiger partial charge in [-0.2, -0.15) is 0 Å². The fourth-order valence-electron chi connectivity index (χ4n) is 8.31. The maximum atomic E-state index is 12.8. The molecule has 0 aliphatic carbocycles. The maximum Gasteiger partial charge on any atom is 0.303 e. The number of carbonyl (C=O) groups is 6. The van der Waals surface area contributed by atoms with Crippen LogP contribution in [-0.4, -0.2) is 160 Å². The molecule has 0 spiro atoms. The molecule has 6 saturated heterocycles. The minimum atomic E-state index is -1.90. The first-order chi connectivity index (χ1) is 30.4. The molecule has 354 valence electrons. The van der Waals surface area contributed by atoms with E-state index in [0.29, 0.717) is 0 Å². The molecule has 6 aliphatic rings. The van der Waals surface area contributed by atoms with E-state index in [1.165, 1.54) is 13.8 Å². The Labute approximate surface area is 366 Å². The molecule has 3 unspecified atom stereocenters. The summed E-state index contributed by atoms with van der Waals surface area (Å²) in [5.74, 6) is -6.60. The van der Waals surface area contributed by atoms with Gasteiger partial charge in [0, 0.05) is 54.0 Å². The molecule has 0 radical (unpaired) electrons. The molecule has 7 rings (SSSR count). The van der Waals surface area contributed by atoms with E-state index < -0.39 is 160 Å². The van der Waals surface area contributed by atoms with E-state index in [-0.39, 0.29) is 6.61 Å². The third-order valence-electron chi connectivity index (χ3n) is 10.7. The zero-order valence-corrected chi connectivity index (χ0v) is 36.2. The highest BCUT2D eigenvalue weighted by molar-refractivity contribution is 5.69. The number of esters is 6. The summed E-state index contributed by atoms with van der Waals surface area (Å²) in [5, 5.41) is 0. The third kappa shape index (κ3) is 11.0. The summed E-state index contributed by atoms with van der Waals surface area (Å²) in [7, 11) is 0. The Kier molecular flexibility index (Phi) is 14.9. The smallest absolute Gasteiger partial charge is 0.303 e. The van der Waals surface area contributed by atoms with E-state index in [4.69, 9.17) is 80.5 Å². The molecule has 0 amide bonds. The Bertz CT molecular complexity index is 1860. The first kappa shape index (κ1) is 47.6. The van der Waals surface area contributed by atoms with Crippen molar-refractivity contribution < 1.29 is 109 Å². The van der Waals surface area contributed by atoms with Crippen molar-refractivity contribution in [3.05, 3.63) is 35.9 Å². The lowest BCUT2D eigenvalue weighted by Crippen LogP contribution is -2.66. The molecule has 1 aromatic rings. The third-order valence-corrected chi connectivity index (χ3v) is 10.7. The van der Waals surface area contributed by atoms with Gasteiger partial charge in [-0.1, -0.05) is 30.3 Å². The van der Waals surface area contributed by atoms with Crippen LogP contribution in [0.3, 0.4) is 0 Å². The molecule has 6 aliphatic heterocycles. The Balaban J connectivity index is 1.14. The summed E-state index contributed by atoms with van der Waals surface area (Å²) >= 11 is 0. The van der Waals surface area contributed by atoms with Crippen LogP contribution in [0.25, 0.3) is 0 Å². The van der Waals surface area contributed by atoms with Crippen LogP contribution in [0.4, 0.5) is 0 Å². The predicted molar refractivity (Wildman–Crippen MR) is 201 cm³/mol. The molecule has 6 fully saturated rings. The van der Waals surface area contributed by atoms with Gasteiger partial charge in [0.1, 0.15) is 43.2 Å². The van der Waals surface area contributed by atoms with Gasteiger partial charge in [0.25, 0.3) is 5.97 Å². The van der Waals surface area contributed by atoms with E-state index >= 15 is 0 Å². The molecule has 0 N–H and O–H groups in total. The summed E-state index contributed by atoms with van der Waals surface area (Å²) in [6, 6.07) is 9.19. The Morgan fingerprint density at radius 1 is 0.578 bits per heavy atom. The SMILES string of the molecule is CC(=O)OC[C@H]1O[C@H](O[C@@H]2[C@H]3OC(C)O[C@H]3O[C@H](COC3(C)O[C@H]4O[C@@H]5COC(c6ccccc6)O[C@H]5[C@H](OC(C)=O)[C@H]4O3)[C@H]2OC(C)=O)[C@H](OC(C)=O)[C@@H](OC(C)=O)[C@@H]1OC(C)=O. The summed E-state index contributed by atoms with van der Waals surface area (Å²) in [6.45, 7) is 8.86. The fraction of sp³-hybridized carbons (Fsp3) is 0.707. The molecule has 0 bridgehead atoms. The van der Waals surface area contributed by atoms with E-state index in [9.17, 15) is 28.8 Å². The van der Waals surface area contributed by atoms with Gasteiger partial charge in [-0.3, -0.25) is 33.5 Å². The average molecular weight is 913 g/mol. The van der Waals surface area contributed by atoms with E-state index in [1.54, 1.807) is 6.92 Å². The van der Waals surface area contributed by atoms with Crippen molar-refractivity contribution in [2.24, 2.45) is 0 Å². The van der Waals surface area contributed by atoms with E-state index in [2.05, 4.69) is 0 Å². The van der Waals surface area contributed by atoms with Crippen LogP contribution in [0.5, 0.6) is 0 Å². The van der Waals surface area contributed by atoms with Crippen molar-refractivity contribution in [2.45, 2.75) is 166 Å². The minimum absolute atomic E-state index is 0.0656. The topological polar surface area (TPSA) is 259 Å². The first-order valence-electron chi connectivity index (χ1n) is 20.6. The zero-order chi connectivity index (χ0) is 46.0. The molecule has 0 aromatic heterocycles. The second-order valence-electron chi connectivity index (χ2n) is 15.8. The Hall–Kier alpha value is -4.40. The monoisotopic (exact) mass is 912 g/mol. The van der Waals surface area contributed by atoms with Gasteiger partial charge < -0.3 is 75.8 Å². The summed E-state index contributed by atoms with van der Waals surface area (Å²) in [5.41, 5.74) is 0.737. The van der Waals surface area contributed by atoms with Crippen LogP contribution in [-0.2, 0) is 109 Å². The number of hydrogen-bond acceptors (Lipinski definition) is 23. The number of ether oxygens (including phenoxy) is 17. The second kappa shape index (κ2) is 20.0. The lowest BCUT2D eigenvalue weighted by molar-refractivity contribution is -0.371. The number of carbonyl (C=O) groups excluding carboxylic acids is 6. The highest BCUT2D eigenvalue weighted by Crippen LogP contribution is 2.44. The second-order valence-corrected chi connectivity index (χ2v) is 15.8. The Morgan fingerprint density at radius 2 is 1.17 bits per heavy atom. The van der Waals surface area contributed by atoms with Crippen molar-refractivity contribution in [2.75, 3.05) is 19.8 Å². The minimum Gasteiger partial charge on any atom is -0.463 e. The van der Waals surface area contributed by atoms with Gasteiger partial charge in [-0.05, 0) is 6.92 Å². The largest absolute Gasteiger partial charge is 0.463 e. The predicted octanol–water partition coefficient (Wildman–Crippen LogP) is 0.749. The zero-order valence-electron chi connectivity index (χ0n) is 36.2. The number of hydrogen-bond donors (Lipinski definition) is 0. The van der Waals surface area contributed by atoms with Crippen LogP contribution >= 0.6 is 0 Å². The van der Waals surface area contributed by atoms with Crippen LogP contribution in [0.1, 0.15) is 67.2 Å². The summed E-state index contributed by atoms with van der Waals surface area (Å²) in [6.07, 6.45) is -20.6. The van der Waals surface area contributed by atoms with Gasteiger partial charge in [-0.25, -0.2) is 0 Å². The van der Waals surface area contributed by atoms with Crippen LogP contribution in [0.15, 0.2) is 30.3 Å². The van der Waals surface area contributed by atoms with E-state index in [1.807, 2.05) is 30.3 Å². The normalized spacial score (nSPS) is 40.1. The average Bonchev–Trinajstić information content (AvgIpc) is 3.76. The molecule has 6 heterocycles. The summed E-state index contributed by atoms with van der Waals surface area (Å²) in [4.78, 5) is 74.5. The highest BCUT2D eigenvalue weighted by Gasteiger charge is 2.62. The first-order valence-corrected chi connectivity index (χ1v) is 20.6. The number of fused-ring (bicyclic) bond motifs is 3. The van der Waals surface area contributed by atoms with E-state index in [0.717, 1.165) is 40.2 Å². The lowest BCUT2D eigenvalue weighted by atomic mass is 9.96. The van der Waals surface area contributed by atoms with Gasteiger partial charge in [0.2, 0.25) is 0 Å². The maximum absolute atomic E-state index is 12.8. The van der Waals surface area contributed by atoms with Crippen LogP contribution < -0.4 is 0 Å². The summed E-state index contributed by atoms with van der Waals surface area (Å²) < 4.78 is 102. The molecule has 1 aromatic carbocycles. The van der Waals surface area contributed by atoms with Crippen LogP contribution in [0.2, 0.25) is 0 Å². The molecule has 64 heavy (non-hydrogen) atoms. The lowest BCUT2D eigenvalue weighted by Gasteiger charge is -2.47. The number of benzene rings is 1. The van der Waals surface area contributed by atoms with Crippen molar-refractivity contribution in [3.63, 3.8) is 0 Å². The van der Waals surface area contributed by atoms with Gasteiger partial charge in [-0.15, -0.1) is 0 Å². The van der Waals surface area contributed by atoms with Crippen molar-refractivity contribution >= 4 is 35.8 Å². The molecule has 0 saturated carbocycles. The Morgan fingerprint density at radius 3 is 1.81 bits per heavy atom. The van der Waals surface area contributed by atoms with Crippen molar-refractivity contribution in [1.82, 2.24) is 0 Å². The van der Waals surface area contributed by atoms with Crippen molar-refractivity contribution in [1.29, 1.82) is 0 Å². The van der Waals surface area contributed by atoms with Gasteiger partial charge in [0.15, 0.2) is 68.1 Å². The molecule has 23 heteroatoms. The highest BCUT2D eigenvalue weighted by atomic mass is 16.9. The molecule has 18 atom stereocenters. The number of rotatable bonds is 13. The quantitative estimate of drug-likeness (QED) is 0.195.